The van der Waals surface area contributed by atoms with Crippen LogP contribution in [0, 0.1) is 5.82 Å². The van der Waals surface area contributed by atoms with E-state index in [-0.39, 0.29) is 18.7 Å². The number of nitrogens with zero attached hydrogens (tertiary/aromatic N) is 3. The number of rotatable bonds is 8. The van der Waals surface area contributed by atoms with Crippen molar-refractivity contribution >= 4 is 21.9 Å². The van der Waals surface area contributed by atoms with Crippen LogP contribution in [-0.2, 0) is 19.6 Å². The molecule has 0 bridgehead atoms. The Kier molecular flexibility index (Phi) is 8.18. The van der Waals surface area contributed by atoms with E-state index in [1.807, 2.05) is 19.0 Å². The molecule has 1 aromatic rings. The number of benzene rings is 1. The van der Waals surface area contributed by atoms with Crippen LogP contribution < -0.4 is 0 Å². The lowest BCUT2D eigenvalue weighted by atomic mass is 10.2. The monoisotopic (exact) mass is 457 g/mol. The van der Waals surface area contributed by atoms with E-state index in [2.05, 4.69) is 0 Å². The highest BCUT2D eigenvalue weighted by Crippen LogP contribution is 2.24. The van der Waals surface area contributed by atoms with Gasteiger partial charge in [-0.05, 0) is 65.9 Å². The zero-order valence-electron chi connectivity index (χ0n) is 18.9. The number of amides is 1. The van der Waals surface area contributed by atoms with Gasteiger partial charge in [0.1, 0.15) is 22.9 Å². The van der Waals surface area contributed by atoms with Gasteiger partial charge in [0.25, 0.3) is 5.91 Å². The van der Waals surface area contributed by atoms with E-state index in [9.17, 15) is 22.4 Å². The third kappa shape index (κ3) is 6.98. The molecule has 0 radical (unpaired) electrons. The molecule has 1 saturated heterocycles. The van der Waals surface area contributed by atoms with E-state index < -0.39 is 38.2 Å². The number of ether oxygens (including phenoxy) is 1. The maximum Gasteiger partial charge on any atom is 0.326 e. The fraction of sp³-hybridized carbons (Fsp3) is 0.619. The summed E-state index contributed by atoms with van der Waals surface area (Å²) < 4.78 is 46.6. The number of carbonyl (C=O) groups is 2. The van der Waals surface area contributed by atoms with Crippen molar-refractivity contribution in [3.63, 3.8) is 0 Å². The molecule has 1 heterocycles. The first-order valence-corrected chi connectivity index (χ1v) is 11.7. The summed E-state index contributed by atoms with van der Waals surface area (Å²) in [5.74, 6) is -2.05. The average Bonchev–Trinajstić information content (AvgIpc) is 3.18. The predicted octanol–water partition coefficient (Wildman–Crippen LogP) is 1.96. The topological polar surface area (TPSA) is 87.2 Å². The Morgan fingerprint density at radius 1 is 1.13 bits per heavy atom. The number of sulfonamides is 1. The highest BCUT2D eigenvalue weighted by molar-refractivity contribution is 7.89. The molecule has 0 aromatic heterocycles. The summed E-state index contributed by atoms with van der Waals surface area (Å²) in [5.41, 5.74) is -0.707. The molecule has 0 saturated carbocycles. The average molecular weight is 458 g/mol. The molecule has 174 valence electrons. The second-order valence-electron chi connectivity index (χ2n) is 8.87. The molecule has 1 aliphatic heterocycles. The van der Waals surface area contributed by atoms with E-state index in [1.54, 1.807) is 20.8 Å². The molecule has 2 rings (SSSR count). The molecule has 8 nitrogen and oxygen atoms in total. The van der Waals surface area contributed by atoms with Crippen molar-refractivity contribution in [2.24, 2.45) is 0 Å². The molecule has 0 aliphatic carbocycles. The normalized spacial score (nSPS) is 15.3. The standard InChI is InChI=1S/C21H32FN3O5S/c1-21(2,3)30-19(26)15-24(13-12-23(4)5)20(27)16-8-9-17(22)18(14-16)31(28,29)25-10-6-7-11-25/h8-9,14H,6-7,10-13,15H2,1-5H3. The molecular formula is C21H32FN3O5S. The lowest BCUT2D eigenvalue weighted by molar-refractivity contribution is -0.155. The molecule has 1 aromatic carbocycles. The highest BCUT2D eigenvalue weighted by atomic mass is 32.2. The van der Waals surface area contributed by atoms with Crippen LogP contribution in [0.15, 0.2) is 23.1 Å². The van der Waals surface area contributed by atoms with Gasteiger partial charge in [0.2, 0.25) is 10.0 Å². The third-order valence-corrected chi connectivity index (χ3v) is 6.62. The minimum absolute atomic E-state index is 0.00138. The largest absolute Gasteiger partial charge is 0.459 e. The lowest BCUT2D eigenvalue weighted by Gasteiger charge is -2.26. The summed E-state index contributed by atoms with van der Waals surface area (Å²) in [6, 6.07) is 3.27. The smallest absolute Gasteiger partial charge is 0.326 e. The maximum atomic E-state index is 14.4. The van der Waals surface area contributed by atoms with Gasteiger partial charge in [0.05, 0.1) is 0 Å². The van der Waals surface area contributed by atoms with Gasteiger partial charge in [-0.3, -0.25) is 9.59 Å². The first kappa shape index (κ1) is 25.2. The summed E-state index contributed by atoms with van der Waals surface area (Å²) in [6.07, 6.45) is 1.43. The van der Waals surface area contributed by atoms with Crippen LogP contribution in [0.2, 0.25) is 0 Å². The Hall–Kier alpha value is -2.04. The zero-order valence-corrected chi connectivity index (χ0v) is 19.7. The van der Waals surface area contributed by atoms with E-state index in [4.69, 9.17) is 4.74 Å². The minimum atomic E-state index is -4.04. The van der Waals surface area contributed by atoms with Crippen LogP contribution in [-0.4, -0.2) is 86.8 Å². The first-order chi connectivity index (χ1) is 14.3. The summed E-state index contributed by atoms with van der Waals surface area (Å²) in [6.45, 7) is 6.24. The second-order valence-corrected chi connectivity index (χ2v) is 10.8. The lowest BCUT2D eigenvalue weighted by Crippen LogP contribution is -2.42. The second kappa shape index (κ2) is 10.1. The number of hydrogen-bond donors (Lipinski definition) is 0. The van der Waals surface area contributed by atoms with Crippen LogP contribution in [0.5, 0.6) is 0 Å². The van der Waals surface area contributed by atoms with Crippen molar-refractivity contribution in [1.82, 2.24) is 14.1 Å². The molecule has 1 aliphatic rings. The fourth-order valence-corrected chi connectivity index (χ4v) is 4.79. The van der Waals surface area contributed by atoms with Gasteiger partial charge in [-0.25, -0.2) is 12.8 Å². The number of carbonyl (C=O) groups excluding carboxylic acids is 2. The van der Waals surface area contributed by atoms with Crippen LogP contribution >= 0.6 is 0 Å². The predicted molar refractivity (Wildman–Crippen MR) is 115 cm³/mol. The Labute approximate surface area is 184 Å². The summed E-state index contributed by atoms with van der Waals surface area (Å²) >= 11 is 0. The van der Waals surface area contributed by atoms with Gasteiger partial charge in [0.15, 0.2) is 0 Å². The molecule has 0 spiro atoms. The number of halogens is 1. The number of likely N-dealkylation sites (N-methyl/N-ethyl adjacent to an activating group) is 1. The molecule has 1 amide bonds. The van der Waals surface area contributed by atoms with Crippen molar-refractivity contribution in [1.29, 1.82) is 0 Å². The quantitative estimate of drug-likeness (QED) is 0.555. The molecule has 31 heavy (non-hydrogen) atoms. The summed E-state index contributed by atoms with van der Waals surface area (Å²) in [5, 5.41) is 0. The van der Waals surface area contributed by atoms with E-state index in [0.29, 0.717) is 32.5 Å². The number of hydrogen-bond acceptors (Lipinski definition) is 6. The van der Waals surface area contributed by atoms with Crippen LogP contribution in [0.3, 0.4) is 0 Å². The summed E-state index contributed by atoms with van der Waals surface area (Å²) in [4.78, 5) is 28.1. The molecule has 1 fully saturated rings. The summed E-state index contributed by atoms with van der Waals surface area (Å²) in [7, 11) is -0.380. The highest BCUT2D eigenvalue weighted by Gasteiger charge is 2.31. The van der Waals surface area contributed by atoms with Gasteiger partial charge < -0.3 is 14.5 Å². The Balaban J connectivity index is 2.31. The van der Waals surface area contributed by atoms with Gasteiger partial charge >= 0.3 is 5.97 Å². The van der Waals surface area contributed by atoms with Gasteiger partial charge in [-0.1, -0.05) is 0 Å². The van der Waals surface area contributed by atoms with E-state index in [0.717, 1.165) is 12.1 Å². The Morgan fingerprint density at radius 3 is 2.29 bits per heavy atom. The molecule has 0 atom stereocenters. The maximum absolute atomic E-state index is 14.4. The van der Waals surface area contributed by atoms with Crippen molar-refractivity contribution < 1.29 is 27.1 Å². The van der Waals surface area contributed by atoms with E-state index >= 15 is 0 Å². The van der Waals surface area contributed by atoms with Crippen LogP contribution in [0.1, 0.15) is 44.0 Å². The molecular weight excluding hydrogens is 425 g/mol. The van der Waals surface area contributed by atoms with Crippen LogP contribution in [0.4, 0.5) is 4.39 Å². The van der Waals surface area contributed by atoms with E-state index in [1.165, 1.54) is 15.3 Å². The van der Waals surface area contributed by atoms with Gasteiger partial charge in [-0.15, -0.1) is 0 Å². The Bertz CT molecular complexity index is 906. The molecule has 0 N–H and O–H groups in total. The number of esters is 1. The SMILES string of the molecule is CN(C)CCN(CC(=O)OC(C)(C)C)C(=O)c1ccc(F)c(S(=O)(=O)N2CCCC2)c1. The van der Waals surface area contributed by atoms with Gasteiger partial charge in [-0.2, -0.15) is 4.31 Å². The van der Waals surface area contributed by atoms with Crippen molar-refractivity contribution in [3.8, 4) is 0 Å². The minimum Gasteiger partial charge on any atom is -0.459 e. The molecule has 10 heteroatoms. The Morgan fingerprint density at radius 2 is 1.74 bits per heavy atom. The van der Waals surface area contributed by atoms with Crippen molar-refractivity contribution in [2.45, 2.75) is 44.1 Å². The van der Waals surface area contributed by atoms with Crippen molar-refractivity contribution in [3.05, 3.63) is 29.6 Å². The first-order valence-electron chi connectivity index (χ1n) is 10.3. The third-order valence-electron chi connectivity index (χ3n) is 4.71. The van der Waals surface area contributed by atoms with Crippen LogP contribution in [0.25, 0.3) is 0 Å². The molecule has 0 unspecified atom stereocenters. The van der Waals surface area contributed by atoms with Crippen molar-refractivity contribution in [2.75, 3.05) is 46.8 Å². The zero-order chi connectivity index (χ0) is 23.4. The van der Waals surface area contributed by atoms with Gasteiger partial charge in [0, 0.05) is 31.7 Å². The fourth-order valence-electron chi connectivity index (χ4n) is 3.19.